The summed E-state index contributed by atoms with van der Waals surface area (Å²) in [6, 6.07) is 0. The number of rotatable bonds is 1. The van der Waals surface area contributed by atoms with Crippen molar-refractivity contribution in [1.82, 2.24) is 0 Å². The summed E-state index contributed by atoms with van der Waals surface area (Å²) in [7, 11) is 0. The Morgan fingerprint density at radius 1 is 1.64 bits per heavy atom. The van der Waals surface area contributed by atoms with E-state index in [0.717, 1.165) is 0 Å². The molecular formula is C8H7NO2. The summed E-state index contributed by atoms with van der Waals surface area (Å²) >= 11 is 0. The van der Waals surface area contributed by atoms with Crippen LogP contribution in [0.25, 0.3) is 0 Å². The Hall–Kier alpha value is -1.56. The lowest BCUT2D eigenvalue weighted by Gasteiger charge is -2.14. The zero-order chi connectivity index (χ0) is 8.32. The molecule has 0 radical (unpaired) electrons. The van der Waals surface area contributed by atoms with Gasteiger partial charge in [-0.05, 0) is 5.92 Å². The Labute approximate surface area is 64.6 Å². The van der Waals surface area contributed by atoms with Crippen molar-refractivity contribution in [3.05, 3.63) is 34.4 Å². The molecule has 0 fully saturated rings. The molecule has 0 heterocycles. The summed E-state index contributed by atoms with van der Waals surface area (Å²) < 4.78 is 0. The van der Waals surface area contributed by atoms with Crippen LogP contribution in [0.2, 0.25) is 0 Å². The second kappa shape index (κ2) is 2.59. The zero-order valence-corrected chi connectivity index (χ0v) is 5.86. The fourth-order valence-electron chi connectivity index (χ4n) is 0.904. The van der Waals surface area contributed by atoms with Gasteiger partial charge in [0.05, 0.1) is 6.42 Å². The highest BCUT2D eigenvalue weighted by molar-refractivity contribution is 5.27. The topological polar surface area (TPSA) is 43.1 Å². The number of hydrogen-bond donors (Lipinski definition) is 0. The highest BCUT2D eigenvalue weighted by Gasteiger charge is 2.37. The van der Waals surface area contributed by atoms with E-state index in [9.17, 15) is 10.1 Å². The normalized spacial score (nSPS) is 27.9. The Kier molecular flexibility index (Phi) is 1.77. The molecule has 3 heteroatoms. The van der Waals surface area contributed by atoms with Gasteiger partial charge in [-0.1, -0.05) is 18.2 Å². The third-order valence-electron chi connectivity index (χ3n) is 1.62. The third-order valence-corrected chi connectivity index (χ3v) is 1.62. The molecule has 1 rings (SSSR count). The number of terminal acetylenes is 1. The number of allylic oxidation sites excluding steroid dienone is 2. The van der Waals surface area contributed by atoms with Crippen LogP contribution in [0.3, 0.4) is 0 Å². The molecule has 0 aromatic rings. The van der Waals surface area contributed by atoms with Crippen molar-refractivity contribution in [1.29, 1.82) is 0 Å². The fourth-order valence-corrected chi connectivity index (χ4v) is 0.904. The Bertz CT molecular complexity index is 272. The molecule has 3 nitrogen and oxygen atoms in total. The Morgan fingerprint density at radius 3 is 2.64 bits per heavy atom. The maximum Gasteiger partial charge on any atom is 0.303 e. The average Bonchev–Trinajstić information content (AvgIpc) is 2.05. The predicted molar refractivity (Wildman–Crippen MR) is 41.5 cm³/mol. The van der Waals surface area contributed by atoms with E-state index in [4.69, 9.17) is 6.42 Å². The van der Waals surface area contributed by atoms with Gasteiger partial charge in [0.25, 0.3) is 0 Å². The van der Waals surface area contributed by atoms with Crippen LogP contribution in [0.4, 0.5) is 0 Å². The van der Waals surface area contributed by atoms with E-state index in [-0.39, 0.29) is 6.42 Å². The van der Waals surface area contributed by atoms with Crippen LogP contribution in [0.5, 0.6) is 0 Å². The summed E-state index contributed by atoms with van der Waals surface area (Å²) in [6.07, 6.45) is 11.8. The molecule has 0 aromatic heterocycles. The third kappa shape index (κ3) is 1.15. The van der Waals surface area contributed by atoms with Gasteiger partial charge in [-0.3, -0.25) is 10.1 Å². The minimum atomic E-state index is -1.30. The summed E-state index contributed by atoms with van der Waals surface area (Å²) in [6.45, 7) is 0. The molecule has 0 spiro atoms. The maximum atomic E-state index is 10.5. The lowest BCUT2D eigenvalue weighted by Crippen LogP contribution is -2.34. The maximum absolute atomic E-state index is 10.5. The quantitative estimate of drug-likeness (QED) is 0.319. The molecule has 0 bridgehead atoms. The minimum Gasteiger partial charge on any atom is -0.263 e. The van der Waals surface area contributed by atoms with Crippen molar-refractivity contribution < 1.29 is 4.92 Å². The van der Waals surface area contributed by atoms with Crippen LogP contribution in [-0.2, 0) is 0 Å². The Morgan fingerprint density at radius 2 is 2.36 bits per heavy atom. The molecule has 1 aliphatic carbocycles. The van der Waals surface area contributed by atoms with Gasteiger partial charge in [0.1, 0.15) is 0 Å². The van der Waals surface area contributed by atoms with Gasteiger partial charge in [0.15, 0.2) is 0 Å². The summed E-state index contributed by atoms with van der Waals surface area (Å²) in [4.78, 5) is 10.0. The van der Waals surface area contributed by atoms with E-state index in [2.05, 4.69) is 5.92 Å². The second-order valence-corrected chi connectivity index (χ2v) is 2.32. The van der Waals surface area contributed by atoms with Crippen molar-refractivity contribution in [2.75, 3.05) is 0 Å². The van der Waals surface area contributed by atoms with Crippen LogP contribution < -0.4 is 0 Å². The van der Waals surface area contributed by atoms with E-state index in [1.54, 1.807) is 18.2 Å². The largest absolute Gasteiger partial charge is 0.303 e. The lowest BCUT2D eigenvalue weighted by molar-refractivity contribution is -0.536. The van der Waals surface area contributed by atoms with E-state index < -0.39 is 10.5 Å². The van der Waals surface area contributed by atoms with Crippen molar-refractivity contribution in [3.8, 4) is 12.3 Å². The standard InChI is InChI=1S/C8H7NO2/c1-2-8(9(10)11)6-4-3-5-7-8/h1,3-6H,7H2. The van der Waals surface area contributed by atoms with Crippen LogP contribution in [-0.4, -0.2) is 10.5 Å². The molecule has 0 saturated carbocycles. The van der Waals surface area contributed by atoms with Gasteiger partial charge in [0, 0.05) is 11.0 Å². The van der Waals surface area contributed by atoms with Crippen LogP contribution in [0.1, 0.15) is 6.42 Å². The van der Waals surface area contributed by atoms with Crippen molar-refractivity contribution in [2.24, 2.45) is 0 Å². The average molecular weight is 149 g/mol. The number of nitro groups is 1. The highest BCUT2D eigenvalue weighted by atomic mass is 16.6. The molecule has 0 amide bonds. The summed E-state index contributed by atoms with van der Waals surface area (Å²) in [5.74, 6) is 2.18. The van der Waals surface area contributed by atoms with Gasteiger partial charge in [-0.15, -0.1) is 6.42 Å². The molecule has 1 unspecified atom stereocenters. The molecule has 0 aliphatic heterocycles. The van der Waals surface area contributed by atoms with Gasteiger partial charge in [0.2, 0.25) is 0 Å². The van der Waals surface area contributed by atoms with Gasteiger partial charge in [-0.2, -0.15) is 0 Å². The van der Waals surface area contributed by atoms with Crippen molar-refractivity contribution in [3.63, 3.8) is 0 Å². The smallest absolute Gasteiger partial charge is 0.263 e. The summed E-state index contributed by atoms with van der Waals surface area (Å²) in [5.41, 5.74) is -1.30. The SMILES string of the molecule is C#CC1([N+](=O)[O-])C=CC=CC1. The molecule has 1 aliphatic rings. The van der Waals surface area contributed by atoms with Crippen LogP contribution >= 0.6 is 0 Å². The molecule has 56 valence electrons. The fraction of sp³-hybridized carbons (Fsp3) is 0.250. The highest BCUT2D eigenvalue weighted by Crippen LogP contribution is 2.19. The van der Waals surface area contributed by atoms with E-state index in [1.165, 1.54) is 6.08 Å². The molecule has 1 atom stereocenters. The van der Waals surface area contributed by atoms with Crippen molar-refractivity contribution in [2.45, 2.75) is 12.0 Å². The van der Waals surface area contributed by atoms with Crippen LogP contribution in [0.15, 0.2) is 24.3 Å². The number of hydrogen-bond acceptors (Lipinski definition) is 2. The summed E-state index contributed by atoms with van der Waals surface area (Å²) in [5, 5.41) is 10.5. The first-order valence-corrected chi connectivity index (χ1v) is 3.18. The van der Waals surface area contributed by atoms with Crippen LogP contribution in [0, 0.1) is 22.5 Å². The molecule has 0 saturated heterocycles. The van der Waals surface area contributed by atoms with Gasteiger partial charge < -0.3 is 0 Å². The molecular weight excluding hydrogens is 142 g/mol. The monoisotopic (exact) mass is 149 g/mol. The first-order valence-electron chi connectivity index (χ1n) is 3.18. The minimum absolute atomic E-state index is 0.285. The van der Waals surface area contributed by atoms with E-state index >= 15 is 0 Å². The molecule has 0 aromatic carbocycles. The molecule has 0 N–H and O–H groups in total. The number of nitrogens with zero attached hydrogens (tertiary/aromatic N) is 1. The Balaban J connectivity index is 2.97. The van der Waals surface area contributed by atoms with E-state index in [1.807, 2.05) is 0 Å². The zero-order valence-electron chi connectivity index (χ0n) is 5.86. The first kappa shape index (κ1) is 7.55. The molecule has 11 heavy (non-hydrogen) atoms. The van der Waals surface area contributed by atoms with Gasteiger partial charge in [-0.25, -0.2) is 0 Å². The second-order valence-electron chi connectivity index (χ2n) is 2.32. The van der Waals surface area contributed by atoms with E-state index in [0.29, 0.717) is 0 Å². The predicted octanol–water partition coefficient (Wildman–Crippen LogP) is 1.15. The lowest BCUT2D eigenvalue weighted by atomic mass is 9.93. The first-order chi connectivity index (χ1) is 5.21. The van der Waals surface area contributed by atoms with Crippen molar-refractivity contribution >= 4 is 0 Å². The van der Waals surface area contributed by atoms with Gasteiger partial charge >= 0.3 is 5.54 Å².